The molecule has 1 aliphatic rings. The summed E-state index contributed by atoms with van der Waals surface area (Å²) in [4.78, 5) is 37.7. The normalized spacial score (nSPS) is 16.2. The molecule has 1 aliphatic heterocycles. The zero-order chi connectivity index (χ0) is 23.5. The summed E-state index contributed by atoms with van der Waals surface area (Å²) in [7, 11) is 0.402. The van der Waals surface area contributed by atoms with Gasteiger partial charge in [-0.15, -0.1) is 0 Å². The van der Waals surface area contributed by atoms with Gasteiger partial charge in [0, 0.05) is 50.5 Å². The molecule has 0 spiro atoms. The van der Waals surface area contributed by atoms with Crippen LogP contribution in [0.3, 0.4) is 0 Å². The van der Waals surface area contributed by atoms with Crippen LogP contribution in [0.4, 0.5) is 0 Å². The number of carbonyl (C=O) groups is 3. The van der Waals surface area contributed by atoms with Crippen LogP contribution in [0.15, 0.2) is 12.2 Å². The van der Waals surface area contributed by atoms with E-state index in [2.05, 4.69) is 5.32 Å². The molecule has 0 aliphatic carbocycles. The molecule has 0 aromatic carbocycles. The molecular formula is C19H36N2O7P2. The predicted octanol–water partition coefficient (Wildman–Crippen LogP) is 3.74. The van der Waals surface area contributed by atoms with E-state index in [1.54, 1.807) is 34.4 Å². The van der Waals surface area contributed by atoms with Crippen LogP contribution in [0.1, 0.15) is 48.0 Å². The van der Waals surface area contributed by atoms with Crippen LogP contribution in [-0.2, 0) is 32.3 Å². The molecule has 1 rings (SSSR count). The quantitative estimate of drug-likeness (QED) is 0.265. The molecule has 0 aromatic rings. The number of nitrogens with one attached hydrogen (secondary N) is 1. The largest absolute Gasteiger partial charge is 0.353 e. The Bertz CT molecular complexity index is 594. The van der Waals surface area contributed by atoms with Gasteiger partial charge in [0.1, 0.15) is 0 Å². The first-order valence-corrected chi connectivity index (χ1v) is 12.4. The smallest absolute Gasteiger partial charge is 0.337 e. The van der Waals surface area contributed by atoms with Crippen molar-refractivity contribution in [1.82, 2.24) is 10.2 Å². The lowest BCUT2D eigenvalue weighted by Crippen LogP contribution is -2.52. The van der Waals surface area contributed by atoms with Gasteiger partial charge in [-0.1, -0.05) is 27.7 Å². The van der Waals surface area contributed by atoms with Gasteiger partial charge in [0.25, 0.3) is 11.8 Å². The second-order valence-electron chi connectivity index (χ2n) is 7.42. The molecule has 3 amide bonds. The van der Waals surface area contributed by atoms with E-state index in [0.717, 1.165) is 0 Å². The Morgan fingerprint density at radius 3 is 2.07 bits per heavy atom. The molecule has 1 N–H and O–H groups in total. The van der Waals surface area contributed by atoms with Gasteiger partial charge in [0.2, 0.25) is 5.91 Å². The Morgan fingerprint density at radius 1 is 1.07 bits per heavy atom. The minimum absolute atomic E-state index is 0.200. The molecule has 0 radical (unpaired) electrons. The van der Waals surface area contributed by atoms with Crippen molar-refractivity contribution in [3.05, 3.63) is 12.2 Å². The highest BCUT2D eigenvalue weighted by atomic mass is 31.2. The number of hydrogen-bond acceptors (Lipinski definition) is 7. The van der Waals surface area contributed by atoms with Gasteiger partial charge in [-0.05, 0) is 20.3 Å². The SMILES string of the molecule is CC.COP(C)OP(OC)OCCNC(=O)C(C)(C)CC(C)(C)N1C(=O)C=CC1=O. The zero-order valence-electron chi connectivity index (χ0n) is 19.5. The van der Waals surface area contributed by atoms with Crippen molar-refractivity contribution >= 4 is 34.7 Å². The maximum absolute atomic E-state index is 12.6. The van der Waals surface area contributed by atoms with Gasteiger partial charge < -0.3 is 18.9 Å². The number of amides is 3. The monoisotopic (exact) mass is 466 g/mol. The highest BCUT2D eigenvalue weighted by molar-refractivity contribution is 7.57. The van der Waals surface area contributed by atoms with Gasteiger partial charge in [-0.25, -0.2) is 0 Å². The fourth-order valence-corrected chi connectivity index (χ4v) is 4.82. The maximum Gasteiger partial charge on any atom is 0.337 e. The van der Waals surface area contributed by atoms with Crippen LogP contribution in [0.2, 0.25) is 0 Å². The second-order valence-corrected chi connectivity index (χ2v) is 10.4. The molecule has 2 atom stereocenters. The number of rotatable bonds is 12. The van der Waals surface area contributed by atoms with Gasteiger partial charge in [0.15, 0.2) is 8.38 Å². The molecule has 11 heteroatoms. The van der Waals surface area contributed by atoms with E-state index in [-0.39, 0.29) is 30.9 Å². The highest BCUT2D eigenvalue weighted by Gasteiger charge is 2.43. The Hall–Kier alpha value is -0.950. The van der Waals surface area contributed by atoms with Crippen LogP contribution >= 0.6 is 17.0 Å². The first-order chi connectivity index (χ1) is 13.9. The van der Waals surface area contributed by atoms with Crippen molar-refractivity contribution in [2.75, 3.05) is 34.0 Å². The van der Waals surface area contributed by atoms with Gasteiger partial charge in [-0.2, -0.15) is 0 Å². The summed E-state index contributed by atoms with van der Waals surface area (Å²) >= 11 is 0. The van der Waals surface area contributed by atoms with Crippen LogP contribution in [0.25, 0.3) is 0 Å². The standard InChI is InChI=1S/C17H30N2O7P2.C2H6/c1-16(2,12-17(3,4)19-13(20)8-9-14(19)21)15(22)18-10-11-25-28(24-6)26-27(7)23-5;1-2/h8-9H,10-12H2,1-7H3,(H,18,22);1-2H3. The highest BCUT2D eigenvalue weighted by Crippen LogP contribution is 2.52. The fourth-order valence-electron chi connectivity index (χ4n) is 3.00. The molecule has 1 heterocycles. The minimum atomic E-state index is -1.54. The molecule has 0 fully saturated rings. The van der Waals surface area contributed by atoms with Crippen molar-refractivity contribution in [2.45, 2.75) is 53.5 Å². The molecule has 9 nitrogen and oxygen atoms in total. The van der Waals surface area contributed by atoms with Crippen molar-refractivity contribution in [3.8, 4) is 0 Å². The molecule has 0 aromatic heterocycles. The van der Waals surface area contributed by atoms with Crippen LogP contribution < -0.4 is 5.32 Å². The predicted molar refractivity (Wildman–Crippen MR) is 119 cm³/mol. The lowest BCUT2D eigenvalue weighted by molar-refractivity contribution is -0.146. The summed E-state index contributed by atoms with van der Waals surface area (Å²) in [5, 5.41) is 2.81. The van der Waals surface area contributed by atoms with E-state index in [4.69, 9.17) is 17.9 Å². The maximum atomic E-state index is 12.6. The first-order valence-electron chi connectivity index (χ1n) is 9.72. The van der Waals surface area contributed by atoms with Gasteiger partial charge in [-0.3, -0.25) is 23.6 Å². The Morgan fingerprint density at radius 2 is 1.60 bits per heavy atom. The molecule has 174 valence electrons. The molecular weight excluding hydrogens is 430 g/mol. The summed E-state index contributed by atoms with van der Waals surface area (Å²) in [6.07, 6.45) is 2.81. The molecule has 0 saturated carbocycles. The number of imide groups is 1. The van der Waals surface area contributed by atoms with E-state index >= 15 is 0 Å². The van der Waals surface area contributed by atoms with E-state index in [9.17, 15) is 14.4 Å². The lowest BCUT2D eigenvalue weighted by atomic mass is 9.78. The average Bonchev–Trinajstić information content (AvgIpc) is 3.03. The topological polar surface area (TPSA) is 103 Å². The number of nitrogens with zero attached hydrogens (tertiary/aromatic N) is 1. The summed E-state index contributed by atoms with van der Waals surface area (Å²) in [6.45, 7) is 13.4. The van der Waals surface area contributed by atoms with Crippen molar-refractivity contribution in [1.29, 1.82) is 0 Å². The van der Waals surface area contributed by atoms with E-state index < -0.39 is 27.9 Å². The molecule has 30 heavy (non-hydrogen) atoms. The second kappa shape index (κ2) is 13.5. The van der Waals surface area contributed by atoms with Crippen LogP contribution in [0.5, 0.6) is 0 Å². The average molecular weight is 466 g/mol. The summed E-state index contributed by atoms with van der Waals surface area (Å²) < 4.78 is 21.1. The van der Waals surface area contributed by atoms with Crippen LogP contribution in [0, 0.1) is 5.41 Å². The lowest BCUT2D eigenvalue weighted by Gasteiger charge is -2.39. The van der Waals surface area contributed by atoms with Gasteiger partial charge in [0.05, 0.1) is 6.61 Å². The number of hydrogen-bond donors (Lipinski definition) is 1. The third-order valence-corrected chi connectivity index (χ3v) is 6.73. The fraction of sp³-hybridized carbons (Fsp3) is 0.737. The van der Waals surface area contributed by atoms with Crippen molar-refractivity contribution in [2.24, 2.45) is 5.41 Å². The Kier molecular flexibility index (Phi) is 13.0. The van der Waals surface area contributed by atoms with Crippen molar-refractivity contribution in [3.63, 3.8) is 0 Å². The van der Waals surface area contributed by atoms with Gasteiger partial charge >= 0.3 is 8.60 Å². The Balaban J connectivity index is 0.00000407. The zero-order valence-corrected chi connectivity index (χ0v) is 21.3. The number of carbonyl (C=O) groups excluding carboxylic acids is 3. The third kappa shape index (κ3) is 9.04. The van der Waals surface area contributed by atoms with Crippen LogP contribution in [-0.4, -0.2) is 62.2 Å². The van der Waals surface area contributed by atoms with E-state index in [1.165, 1.54) is 31.3 Å². The third-order valence-electron chi connectivity index (χ3n) is 4.08. The minimum Gasteiger partial charge on any atom is -0.353 e. The van der Waals surface area contributed by atoms with Crippen molar-refractivity contribution < 1.29 is 32.3 Å². The first kappa shape index (κ1) is 29.1. The summed E-state index contributed by atoms with van der Waals surface area (Å²) in [5.74, 6) is -0.924. The van der Waals surface area contributed by atoms with E-state index in [0.29, 0.717) is 6.42 Å². The Labute approximate surface area is 182 Å². The summed E-state index contributed by atoms with van der Waals surface area (Å²) in [6, 6.07) is 0. The summed E-state index contributed by atoms with van der Waals surface area (Å²) in [5.41, 5.74) is -1.60. The molecule has 2 unspecified atom stereocenters. The van der Waals surface area contributed by atoms with E-state index in [1.807, 2.05) is 13.8 Å². The molecule has 0 bridgehead atoms. The molecule has 0 saturated heterocycles.